The van der Waals surface area contributed by atoms with Crippen LogP contribution in [0.1, 0.15) is 58.9 Å². The van der Waals surface area contributed by atoms with Crippen LogP contribution in [-0.4, -0.2) is 62.1 Å². The maximum Gasteiger partial charge on any atom is 0.455 e. The molecule has 2 fully saturated rings. The molecular weight excluding hydrogens is 890 g/mol. The standard InChI is InChI=1S/C46H50BIN2O9Si/c1-6-29(22-30-23-38(48)43(51)40(24-30)57-5)20-21-39-41-31(28-58-60(46(2,3)4,34-16-9-7-10-17-34)35-18-11-8-12-19-35)25-36-42(37(41)27-47(54)59-39)45(53)49(44(36)52)32-14-13-15-33(26-32)50(55)56/h7-19,22-24,26,36-37,39,42,51,54H,6,20-21,25,27-28H2,1-5H3/b29-22+/t36-,37+,39-,42-/m1/s1. The monoisotopic (exact) mass is 940 g/mol. The molecule has 3 aliphatic rings. The molecule has 60 heavy (non-hydrogen) atoms. The number of methoxy groups -OCH3 is 1. The Morgan fingerprint density at radius 2 is 1.67 bits per heavy atom. The summed E-state index contributed by atoms with van der Waals surface area (Å²) in [6.45, 7) is 8.88. The molecule has 2 amide bonds. The van der Waals surface area contributed by atoms with E-state index in [0.29, 0.717) is 22.2 Å². The van der Waals surface area contributed by atoms with Crippen LogP contribution in [0, 0.1) is 31.4 Å². The van der Waals surface area contributed by atoms with Gasteiger partial charge in [0.15, 0.2) is 11.5 Å². The van der Waals surface area contributed by atoms with E-state index in [4.69, 9.17) is 13.8 Å². The Morgan fingerprint density at radius 3 is 2.27 bits per heavy atom. The first-order chi connectivity index (χ1) is 28.7. The first kappa shape index (κ1) is 43.5. The molecule has 4 atom stereocenters. The summed E-state index contributed by atoms with van der Waals surface area (Å²) in [4.78, 5) is 41.4. The molecule has 4 aromatic rings. The molecule has 312 valence electrons. The number of non-ortho nitro benzene ring substituents is 1. The van der Waals surface area contributed by atoms with Crippen LogP contribution in [0.25, 0.3) is 6.08 Å². The third-order valence-electron chi connectivity index (χ3n) is 12.3. The fourth-order valence-electron chi connectivity index (χ4n) is 9.59. The van der Waals surface area contributed by atoms with Crippen LogP contribution in [0.4, 0.5) is 11.4 Å². The number of allylic oxidation sites excluding steroid dienone is 1. The zero-order valence-electron chi connectivity index (χ0n) is 34.5. The number of rotatable bonds is 13. The normalized spacial score (nSPS) is 20.9. The average molecular weight is 941 g/mol. The Bertz CT molecular complexity index is 2300. The number of anilines is 1. The lowest BCUT2D eigenvalue weighted by molar-refractivity contribution is -0.384. The molecule has 2 heterocycles. The molecule has 7 rings (SSSR count). The SMILES string of the molecule is CC/C(=C\c1cc(I)c(O)c(OC)c1)CC[C@H]1OB(O)C[C@H]2C1=C(CO[Si](c1ccccc1)(c1ccccc1)C(C)(C)C)C[C@H]1C(=O)N(c3cccc([N+](=O)[O-])c3)C(=O)[C@H]12. The quantitative estimate of drug-likeness (QED) is 0.0339. The van der Waals surface area contributed by atoms with Crippen LogP contribution in [0.15, 0.2) is 114 Å². The number of aromatic hydroxyl groups is 1. The molecule has 4 aromatic carbocycles. The van der Waals surface area contributed by atoms with Crippen molar-refractivity contribution in [2.24, 2.45) is 17.8 Å². The third-order valence-corrected chi connectivity index (χ3v) is 18.1. The molecule has 0 radical (unpaired) electrons. The number of nitro benzene ring substituents is 1. The van der Waals surface area contributed by atoms with Gasteiger partial charge in [-0.1, -0.05) is 106 Å². The van der Waals surface area contributed by atoms with E-state index in [1.165, 1.54) is 25.3 Å². The lowest BCUT2D eigenvalue weighted by atomic mass is 9.58. The fourth-order valence-corrected chi connectivity index (χ4v) is 14.8. The predicted molar refractivity (Wildman–Crippen MR) is 244 cm³/mol. The van der Waals surface area contributed by atoms with E-state index in [2.05, 4.69) is 80.6 Å². The summed E-state index contributed by atoms with van der Waals surface area (Å²) in [7, 11) is -2.73. The highest BCUT2D eigenvalue weighted by Gasteiger charge is 2.58. The van der Waals surface area contributed by atoms with E-state index in [0.717, 1.165) is 44.0 Å². The number of hydrogen-bond donors (Lipinski definition) is 2. The number of imide groups is 1. The van der Waals surface area contributed by atoms with Crippen molar-refractivity contribution in [2.45, 2.75) is 70.8 Å². The number of carbonyl (C=O) groups excluding carboxylic acids is 2. The van der Waals surface area contributed by atoms with Gasteiger partial charge in [-0.15, -0.1) is 0 Å². The highest BCUT2D eigenvalue weighted by Crippen LogP contribution is 2.52. The summed E-state index contributed by atoms with van der Waals surface area (Å²) in [5, 5.41) is 35.5. The molecule has 0 saturated carbocycles. The van der Waals surface area contributed by atoms with Gasteiger partial charge in [-0.25, -0.2) is 4.90 Å². The van der Waals surface area contributed by atoms with Gasteiger partial charge in [0.2, 0.25) is 11.8 Å². The summed E-state index contributed by atoms with van der Waals surface area (Å²) >= 11 is 2.08. The van der Waals surface area contributed by atoms with Crippen LogP contribution in [0.3, 0.4) is 0 Å². The van der Waals surface area contributed by atoms with Gasteiger partial charge in [-0.05, 0) is 111 Å². The topological polar surface area (TPSA) is 149 Å². The molecular formula is C46H50BIN2O9Si. The Kier molecular flexibility index (Phi) is 12.9. The van der Waals surface area contributed by atoms with Crippen molar-refractivity contribution in [3.63, 3.8) is 0 Å². The molecule has 2 saturated heterocycles. The van der Waals surface area contributed by atoms with Gasteiger partial charge in [0.05, 0.1) is 45.8 Å². The lowest BCUT2D eigenvalue weighted by Crippen LogP contribution is -2.66. The van der Waals surface area contributed by atoms with Crippen molar-refractivity contribution in [1.29, 1.82) is 0 Å². The number of carbonyl (C=O) groups is 2. The number of halogens is 1. The smallest absolute Gasteiger partial charge is 0.455 e. The number of hydrogen-bond acceptors (Lipinski definition) is 9. The minimum atomic E-state index is -3.06. The number of nitro groups is 1. The van der Waals surface area contributed by atoms with Crippen LogP contribution in [0.5, 0.6) is 11.5 Å². The fraction of sp³-hybridized carbons (Fsp3) is 0.348. The first-order valence-electron chi connectivity index (χ1n) is 20.4. The van der Waals surface area contributed by atoms with Crippen molar-refractivity contribution >= 4 is 77.7 Å². The number of fused-ring (bicyclic) bond motifs is 3. The Hall–Kier alpha value is -4.61. The molecule has 0 unspecified atom stereocenters. The molecule has 2 aliphatic heterocycles. The molecule has 0 spiro atoms. The van der Waals surface area contributed by atoms with E-state index >= 15 is 0 Å². The van der Waals surface area contributed by atoms with Crippen LogP contribution in [0.2, 0.25) is 11.4 Å². The highest BCUT2D eigenvalue weighted by molar-refractivity contribution is 14.1. The zero-order valence-corrected chi connectivity index (χ0v) is 37.6. The summed E-state index contributed by atoms with van der Waals surface area (Å²) in [5.74, 6) is -2.47. The molecule has 0 aromatic heterocycles. The maximum absolute atomic E-state index is 14.6. The molecule has 1 aliphatic carbocycles. The minimum Gasteiger partial charge on any atom is -0.504 e. The van der Waals surface area contributed by atoms with E-state index < -0.39 is 56.0 Å². The number of phenolic OH excluding ortho intramolecular Hbond substituents is 1. The van der Waals surface area contributed by atoms with Crippen molar-refractivity contribution in [3.05, 3.63) is 133 Å². The lowest BCUT2D eigenvalue weighted by Gasteiger charge is -2.46. The summed E-state index contributed by atoms with van der Waals surface area (Å²) in [6, 6.07) is 29.9. The average Bonchev–Trinajstić information content (AvgIpc) is 3.49. The third kappa shape index (κ3) is 8.24. The predicted octanol–water partition coefficient (Wildman–Crippen LogP) is 8.07. The Labute approximate surface area is 366 Å². The van der Waals surface area contributed by atoms with Gasteiger partial charge >= 0.3 is 7.12 Å². The van der Waals surface area contributed by atoms with Gasteiger partial charge in [-0.2, -0.15) is 0 Å². The second-order valence-corrected chi connectivity index (χ2v) is 22.3. The minimum absolute atomic E-state index is 0.0864. The molecule has 0 bridgehead atoms. The Morgan fingerprint density at radius 1 is 1.00 bits per heavy atom. The maximum atomic E-state index is 14.6. The number of phenols is 1. The number of nitrogens with zero attached hydrogens (tertiary/aromatic N) is 2. The zero-order chi connectivity index (χ0) is 42.9. The Balaban J connectivity index is 1.31. The van der Waals surface area contributed by atoms with Gasteiger partial charge in [0.25, 0.3) is 14.0 Å². The summed E-state index contributed by atoms with van der Waals surface area (Å²) < 4.78 is 20.0. The van der Waals surface area contributed by atoms with Crippen molar-refractivity contribution in [2.75, 3.05) is 18.6 Å². The molecule has 11 nitrogen and oxygen atoms in total. The largest absolute Gasteiger partial charge is 0.504 e. The van der Waals surface area contributed by atoms with Gasteiger partial charge < -0.3 is 23.9 Å². The second-order valence-electron chi connectivity index (χ2n) is 16.8. The van der Waals surface area contributed by atoms with Gasteiger partial charge in [-0.3, -0.25) is 19.7 Å². The van der Waals surface area contributed by atoms with Crippen LogP contribution >= 0.6 is 22.6 Å². The molecule has 2 N–H and O–H groups in total. The van der Waals surface area contributed by atoms with Crippen molar-refractivity contribution in [3.8, 4) is 11.5 Å². The van der Waals surface area contributed by atoms with E-state index in [1.807, 2.05) is 42.5 Å². The highest BCUT2D eigenvalue weighted by atomic mass is 127. The first-order valence-corrected chi connectivity index (χ1v) is 23.4. The second kappa shape index (κ2) is 17.8. The van der Waals surface area contributed by atoms with Crippen molar-refractivity contribution in [1.82, 2.24) is 0 Å². The van der Waals surface area contributed by atoms with Crippen molar-refractivity contribution < 1.29 is 38.5 Å². The summed E-state index contributed by atoms with van der Waals surface area (Å²) in [6.07, 6.45) is 3.67. The number of benzene rings is 4. The van der Waals surface area contributed by atoms with Gasteiger partial charge in [0, 0.05) is 12.1 Å². The van der Waals surface area contributed by atoms with Crippen LogP contribution < -0.4 is 20.0 Å². The van der Waals surface area contributed by atoms with E-state index in [-0.39, 0.29) is 41.5 Å². The van der Waals surface area contributed by atoms with Gasteiger partial charge in [0.1, 0.15) is 0 Å². The number of ether oxygens (including phenoxy) is 1. The van der Waals surface area contributed by atoms with E-state index in [1.54, 1.807) is 12.1 Å². The van der Waals surface area contributed by atoms with Crippen LogP contribution in [-0.2, 0) is 18.7 Å². The number of amides is 2. The van der Waals surface area contributed by atoms with E-state index in [9.17, 15) is 29.8 Å². The summed E-state index contributed by atoms with van der Waals surface area (Å²) in [5.41, 5.74) is 3.70. The molecule has 14 heteroatoms.